The van der Waals surface area contributed by atoms with Gasteiger partial charge in [-0.15, -0.1) is 6.58 Å². The van der Waals surface area contributed by atoms with E-state index in [1.165, 1.54) is 37.4 Å². The highest BCUT2D eigenvalue weighted by Crippen LogP contribution is 2.24. The van der Waals surface area contributed by atoms with Gasteiger partial charge in [0.15, 0.2) is 0 Å². The molecule has 0 aliphatic rings. The van der Waals surface area contributed by atoms with Crippen LogP contribution in [0.5, 0.6) is 0 Å². The summed E-state index contributed by atoms with van der Waals surface area (Å²) in [6.45, 7) is 3.87. The molecule has 2 aromatic rings. The van der Waals surface area contributed by atoms with E-state index in [-0.39, 0.29) is 10.8 Å². The molecule has 2 aromatic carbocycles. The van der Waals surface area contributed by atoms with E-state index in [2.05, 4.69) is 11.9 Å². The molecule has 0 saturated carbocycles. The third-order valence-corrected chi connectivity index (χ3v) is 5.40. The summed E-state index contributed by atoms with van der Waals surface area (Å²) in [6, 6.07) is 12.3. The van der Waals surface area contributed by atoms with Gasteiger partial charge in [-0.25, -0.2) is 8.42 Å². The molecule has 0 unspecified atom stereocenters. The van der Waals surface area contributed by atoms with Crippen LogP contribution in [0.3, 0.4) is 0 Å². The highest BCUT2D eigenvalue weighted by Gasteiger charge is 2.21. The van der Waals surface area contributed by atoms with E-state index in [1.807, 2.05) is 0 Å². The number of benzene rings is 2. The standard InChI is InChI=1S/C17H17ClN2O3S/c1-3-11-19-17(21)13-5-4-6-15(12-13)20(2)24(22,23)16-9-7-14(18)8-10-16/h3-10,12H,1,11H2,2H3,(H,19,21). The molecule has 0 spiro atoms. The van der Waals surface area contributed by atoms with Crippen molar-refractivity contribution in [3.63, 3.8) is 0 Å². The van der Waals surface area contributed by atoms with Crippen molar-refractivity contribution in [3.8, 4) is 0 Å². The van der Waals surface area contributed by atoms with Crippen molar-refractivity contribution in [2.45, 2.75) is 4.90 Å². The summed E-state index contributed by atoms with van der Waals surface area (Å²) in [5.74, 6) is -0.297. The van der Waals surface area contributed by atoms with Gasteiger partial charge in [-0.3, -0.25) is 9.10 Å². The van der Waals surface area contributed by atoms with E-state index >= 15 is 0 Å². The number of halogens is 1. The smallest absolute Gasteiger partial charge is 0.264 e. The molecule has 0 heterocycles. The third-order valence-electron chi connectivity index (χ3n) is 3.35. The Bertz CT molecular complexity index is 848. The minimum atomic E-state index is -3.74. The van der Waals surface area contributed by atoms with Crippen LogP contribution in [-0.2, 0) is 10.0 Å². The zero-order chi connectivity index (χ0) is 17.7. The first-order chi connectivity index (χ1) is 11.4. The number of nitrogens with one attached hydrogen (secondary N) is 1. The first kappa shape index (κ1) is 18.0. The summed E-state index contributed by atoms with van der Waals surface area (Å²) in [5, 5.41) is 3.11. The van der Waals surface area contributed by atoms with Crippen LogP contribution in [0.15, 0.2) is 66.1 Å². The minimum absolute atomic E-state index is 0.121. The lowest BCUT2D eigenvalue weighted by atomic mass is 10.2. The van der Waals surface area contributed by atoms with E-state index < -0.39 is 10.0 Å². The predicted octanol–water partition coefficient (Wildman–Crippen LogP) is 3.08. The van der Waals surface area contributed by atoms with Gasteiger partial charge < -0.3 is 5.32 Å². The summed E-state index contributed by atoms with van der Waals surface area (Å²) < 4.78 is 26.5. The number of hydrogen-bond acceptors (Lipinski definition) is 3. The number of carbonyl (C=O) groups excluding carboxylic acids is 1. The molecule has 24 heavy (non-hydrogen) atoms. The summed E-state index contributed by atoms with van der Waals surface area (Å²) >= 11 is 5.80. The highest BCUT2D eigenvalue weighted by atomic mass is 35.5. The van der Waals surface area contributed by atoms with E-state index in [0.717, 1.165) is 4.31 Å². The lowest BCUT2D eigenvalue weighted by Gasteiger charge is -2.20. The largest absolute Gasteiger partial charge is 0.349 e. The van der Waals surface area contributed by atoms with Crippen LogP contribution < -0.4 is 9.62 Å². The van der Waals surface area contributed by atoms with Gasteiger partial charge in [0.25, 0.3) is 15.9 Å². The molecule has 0 fully saturated rings. The molecule has 2 rings (SSSR count). The second-order valence-electron chi connectivity index (χ2n) is 4.98. The van der Waals surface area contributed by atoms with Gasteiger partial charge in [0, 0.05) is 24.2 Å². The third kappa shape index (κ3) is 3.96. The summed E-state index contributed by atoms with van der Waals surface area (Å²) in [6.07, 6.45) is 1.57. The zero-order valence-corrected chi connectivity index (χ0v) is 14.6. The maximum Gasteiger partial charge on any atom is 0.264 e. The Morgan fingerprint density at radius 2 is 1.92 bits per heavy atom. The number of hydrogen-bond donors (Lipinski definition) is 1. The Morgan fingerprint density at radius 1 is 1.25 bits per heavy atom. The van der Waals surface area contributed by atoms with Crippen LogP contribution in [0.2, 0.25) is 5.02 Å². The zero-order valence-electron chi connectivity index (χ0n) is 13.1. The number of nitrogens with zero attached hydrogens (tertiary/aromatic N) is 1. The SMILES string of the molecule is C=CCNC(=O)c1cccc(N(C)S(=O)(=O)c2ccc(Cl)cc2)c1. The number of anilines is 1. The lowest BCUT2D eigenvalue weighted by Crippen LogP contribution is -2.27. The maximum atomic E-state index is 12.7. The Balaban J connectivity index is 2.32. The fourth-order valence-electron chi connectivity index (χ4n) is 2.01. The predicted molar refractivity (Wildman–Crippen MR) is 96.0 cm³/mol. The fourth-order valence-corrected chi connectivity index (χ4v) is 3.33. The summed E-state index contributed by atoms with van der Waals surface area (Å²) in [5.41, 5.74) is 0.753. The van der Waals surface area contributed by atoms with Gasteiger partial charge in [-0.1, -0.05) is 23.7 Å². The molecular formula is C17H17ClN2O3S. The van der Waals surface area contributed by atoms with E-state index in [4.69, 9.17) is 11.6 Å². The number of amides is 1. The first-order valence-corrected chi connectivity index (χ1v) is 8.91. The van der Waals surface area contributed by atoms with Gasteiger partial charge in [0.1, 0.15) is 0 Å². The Labute approximate surface area is 146 Å². The molecule has 0 radical (unpaired) electrons. The first-order valence-electron chi connectivity index (χ1n) is 7.10. The van der Waals surface area contributed by atoms with Crippen molar-refractivity contribution in [2.24, 2.45) is 0 Å². The quantitative estimate of drug-likeness (QED) is 0.801. The van der Waals surface area contributed by atoms with Gasteiger partial charge >= 0.3 is 0 Å². The van der Waals surface area contributed by atoms with E-state index in [0.29, 0.717) is 22.8 Å². The number of rotatable bonds is 6. The molecule has 126 valence electrons. The van der Waals surface area contributed by atoms with Crippen molar-refractivity contribution in [3.05, 3.63) is 71.8 Å². The van der Waals surface area contributed by atoms with Crippen LogP contribution >= 0.6 is 11.6 Å². The Hall–Kier alpha value is -2.31. The molecule has 0 bridgehead atoms. The Morgan fingerprint density at radius 3 is 2.54 bits per heavy atom. The van der Waals surface area contributed by atoms with Crippen LogP contribution in [-0.4, -0.2) is 27.9 Å². The van der Waals surface area contributed by atoms with Crippen LogP contribution in [0.1, 0.15) is 10.4 Å². The van der Waals surface area contributed by atoms with E-state index in [1.54, 1.807) is 24.3 Å². The molecular weight excluding hydrogens is 348 g/mol. The minimum Gasteiger partial charge on any atom is -0.349 e. The molecule has 7 heteroatoms. The van der Waals surface area contributed by atoms with Gasteiger partial charge in [-0.05, 0) is 42.5 Å². The number of carbonyl (C=O) groups is 1. The molecule has 0 atom stereocenters. The van der Waals surface area contributed by atoms with Crippen LogP contribution in [0, 0.1) is 0 Å². The molecule has 1 amide bonds. The van der Waals surface area contributed by atoms with Gasteiger partial charge in [0.2, 0.25) is 0 Å². The van der Waals surface area contributed by atoms with Crippen molar-refractivity contribution in [1.29, 1.82) is 0 Å². The Kier molecular flexibility index (Phi) is 5.64. The second kappa shape index (κ2) is 7.51. The molecule has 0 aliphatic heterocycles. The van der Waals surface area contributed by atoms with Crippen molar-refractivity contribution >= 4 is 33.2 Å². The fraction of sp³-hybridized carbons (Fsp3) is 0.118. The lowest BCUT2D eigenvalue weighted by molar-refractivity contribution is 0.0958. The van der Waals surface area contributed by atoms with Gasteiger partial charge in [-0.2, -0.15) is 0 Å². The molecule has 5 nitrogen and oxygen atoms in total. The topological polar surface area (TPSA) is 66.5 Å². The summed E-state index contributed by atoms with van der Waals surface area (Å²) in [7, 11) is -2.31. The van der Waals surface area contributed by atoms with Gasteiger partial charge in [0.05, 0.1) is 10.6 Å². The van der Waals surface area contributed by atoms with Crippen LogP contribution in [0.25, 0.3) is 0 Å². The molecule has 0 saturated heterocycles. The van der Waals surface area contributed by atoms with Crippen molar-refractivity contribution in [2.75, 3.05) is 17.9 Å². The van der Waals surface area contributed by atoms with E-state index in [9.17, 15) is 13.2 Å². The maximum absolute atomic E-state index is 12.7. The van der Waals surface area contributed by atoms with Crippen LogP contribution in [0.4, 0.5) is 5.69 Å². The average molecular weight is 365 g/mol. The second-order valence-corrected chi connectivity index (χ2v) is 7.38. The number of sulfonamides is 1. The summed E-state index contributed by atoms with van der Waals surface area (Å²) in [4.78, 5) is 12.1. The monoisotopic (exact) mass is 364 g/mol. The normalized spacial score (nSPS) is 10.9. The van der Waals surface area contributed by atoms with Crippen molar-refractivity contribution in [1.82, 2.24) is 5.32 Å². The molecule has 0 aromatic heterocycles. The average Bonchev–Trinajstić information content (AvgIpc) is 2.59. The molecule has 1 N–H and O–H groups in total. The van der Waals surface area contributed by atoms with Crippen molar-refractivity contribution < 1.29 is 13.2 Å². The highest BCUT2D eigenvalue weighted by molar-refractivity contribution is 7.92. The molecule has 0 aliphatic carbocycles.